The zero-order chi connectivity index (χ0) is 43.1. The van der Waals surface area contributed by atoms with Crippen LogP contribution in [0, 0.1) is 0 Å². The molecule has 0 spiro atoms. The number of aliphatic hydroxyl groups is 2. The lowest BCUT2D eigenvalue weighted by Crippen LogP contribution is -2.46. The molecule has 0 aliphatic heterocycles. The number of aliphatic hydroxyl groups excluding tert-OH is 2. The Labute approximate surface area is 368 Å². The summed E-state index contributed by atoms with van der Waals surface area (Å²) in [6.07, 6.45) is 52.7. The summed E-state index contributed by atoms with van der Waals surface area (Å²) in [6.45, 7) is 6.47. The average molecular weight is 834 g/mol. The minimum absolute atomic E-state index is 0.0815. The van der Waals surface area contributed by atoms with Crippen LogP contribution in [0.2, 0.25) is 0 Å². The van der Waals surface area contributed by atoms with Gasteiger partial charge in [0.2, 0.25) is 5.91 Å². The molecule has 350 valence electrons. The van der Waals surface area contributed by atoms with Crippen LogP contribution in [-0.4, -0.2) is 46.9 Å². The van der Waals surface area contributed by atoms with E-state index in [4.69, 9.17) is 4.74 Å². The maximum absolute atomic E-state index is 13.2. The van der Waals surface area contributed by atoms with Crippen LogP contribution >= 0.6 is 0 Å². The minimum atomic E-state index is -0.783. The van der Waals surface area contributed by atoms with Gasteiger partial charge in [-0.25, -0.2) is 0 Å². The summed E-state index contributed by atoms with van der Waals surface area (Å²) in [7, 11) is 0. The van der Waals surface area contributed by atoms with Gasteiger partial charge in [0.1, 0.15) is 6.10 Å². The van der Waals surface area contributed by atoms with E-state index >= 15 is 0 Å². The molecule has 0 rings (SSSR count). The smallest absolute Gasteiger partial charge is 0.306 e. The molecule has 1 amide bonds. The number of carbonyl (C=O) groups is 2. The van der Waals surface area contributed by atoms with Crippen molar-refractivity contribution in [3.63, 3.8) is 0 Å². The van der Waals surface area contributed by atoms with Crippen LogP contribution < -0.4 is 5.32 Å². The first-order chi connectivity index (χ1) is 29.0. The van der Waals surface area contributed by atoms with Crippen LogP contribution in [0.3, 0.4) is 0 Å². The molecule has 0 aliphatic rings. The van der Waals surface area contributed by atoms with Crippen molar-refractivity contribution in [2.45, 2.75) is 309 Å². The first-order valence-corrected chi connectivity index (χ1v) is 26.4. The SMILES string of the molecule is CCCC/C=C\CCCCCCCC(=O)OC(CCCCCCCCCCCCCCCC)CC(=O)NC(CO)C(O)CCCCCCCCCCCCCCCCC. The van der Waals surface area contributed by atoms with Crippen molar-refractivity contribution >= 4 is 11.9 Å². The van der Waals surface area contributed by atoms with Crippen molar-refractivity contribution in [2.24, 2.45) is 0 Å². The Morgan fingerprint density at radius 3 is 1.25 bits per heavy atom. The van der Waals surface area contributed by atoms with E-state index in [9.17, 15) is 19.8 Å². The molecule has 6 heteroatoms. The van der Waals surface area contributed by atoms with Crippen molar-refractivity contribution < 1.29 is 24.5 Å². The summed E-state index contributed by atoms with van der Waals surface area (Å²) in [6, 6.07) is -0.696. The number of carbonyl (C=O) groups excluding carboxylic acids is 2. The highest BCUT2D eigenvalue weighted by Gasteiger charge is 2.24. The molecular formula is C53H103NO5. The van der Waals surface area contributed by atoms with Crippen LogP contribution in [0.4, 0.5) is 0 Å². The van der Waals surface area contributed by atoms with Crippen LogP contribution in [0.1, 0.15) is 290 Å². The number of allylic oxidation sites excluding steroid dienone is 2. The van der Waals surface area contributed by atoms with Gasteiger partial charge in [0.05, 0.1) is 25.2 Å². The third-order valence-electron chi connectivity index (χ3n) is 12.3. The topological polar surface area (TPSA) is 95.9 Å². The molecule has 0 saturated heterocycles. The maximum atomic E-state index is 13.2. The van der Waals surface area contributed by atoms with E-state index < -0.39 is 18.2 Å². The van der Waals surface area contributed by atoms with Crippen molar-refractivity contribution in [1.82, 2.24) is 5.32 Å². The van der Waals surface area contributed by atoms with E-state index in [2.05, 4.69) is 38.2 Å². The highest BCUT2D eigenvalue weighted by Crippen LogP contribution is 2.19. The van der Waals surface area contributed by atoms with E-state index in [1.807, 2.05) is 0 Å². The number of hydrogen-bond acceptors (Lipinski definition) is 5. The van der Waals surface area contributed by atoms with Gasteiger partial charge in [-0.1, -0.05) is 245 Å². The molecule has 0 saturated carbocycles. The molecule has 0 aromatic carbocycles. The molecular weight excluding hydrogens is 731 g/mol. The van der Waals surface area contributed by atoms with E-state index in [1.165, 1.54) is 193 Å². The van der Waals surface area contributed by atoms with Crippen molar-refractivity contribution in [3.05, 3.63) is 12.2 Å². The van der Waals surface area contributed by atoms with Crippen molar-refractivity contribution in [2.75, 3.05) is 6.61 Å². The van der Waals surface area contributed by atoms with Crippen LogP contribution in [-0.2, 0) is 14.3 Å². The standard InChI is InChI=1S/C53H103NO5/c1-4-7-10-13-16-19-22-24-26-28-31-33-36-39-42-45-51(56)50(48-55)54-52(57)47-49(44-41-38-35-32-30-27-25-23-20-17-14-11-8-5-2)59-53(58)46-43-40-37-34-29-21-18-15-12-9-6-3/h15,18,49-51,55-56H,4-14,16-17,19-48H2,1-3H3,(H,54,57)/b18-15-. The summed E-state index contributed by atoms with van der Waals surface area (Å²) in [5.41, 5.74) is 0. The second-order valence-electron chi connectivity index (χ2n) is 18.3. The van der Waals surface area contributed by atoms with Gasteiger partial charge in [-0.15, -0.1) is 0 Å². The number of esters is 1. The third-order valence-corrected chi connectivity index (χ3v) is 12.3. The van der Waals surface area contributed by atoms with Crippen LogP contribution in [0.25, 0.3) is 0 Å². The third kappa shape index (κ3) is 43.1. The Balaban J connectivity index is 4.50. The number of nitrogens with one attached hydrogen (secondary N) is 1. The van der Waals surface area contributed by atoms with Crippen molar-refractivity contribution in [1.29, 1.82) is 0 Å². The predicted molar refractivity (Wildman–Crippen MR) is 255 cm³/mol. The summed E-state index contributed by atoms with van der Waals surface area (Å²) in [5, 5.41) is 23.8. The number of unbranched alkanes of at least 4 members (excludes halogenated alkanes) is 34. The lowest BCUT2D eigenvalue weighted by molar-refractivity contribution is -0.151. The number of amides is 1. The largest absolute Gasteiger partial charge is 0.462 e. The quantitative estimate of drug-likeness (QED) is 0.0322. The second kappa shape index (κ2) is 47.6. The molecule has 0 fully saturated rings. The normalized spacial score (nSPS) is 13.2. The fourth-order valence-electron chi connectivity index (χ4n) is 8.30. The Morgan fingerprint density at radius 1 is 0.475 bits per heavy atom. The zero-order valence-electron chi connectivity index (χ0n) is 39.9. The molecule has 6 nitrogen and oxygen atoms in total. The Morgan fingerprint density at radius 2 is 0.831 bits per heavy atom. The summed E-state index contributed by atoms with van der Waals surface area (Å²) in [4.78, 5) is 26.1. The van der Waals surface area contributed by atoms with E-state index in [0.29, 0.717) is 19.3 Å². The molecule has 59 heavy (non-hydrogen) atoms. The molecule has 0 bridgehead atoms. The van der Waals surface area contributed by atoms with E-state index in [0.717, 1.165) is 51.4 Å². The van der Waals surface area contributed by atoms with Gasteiger partial charge in [0, 0.05) is 6.42 Å². The van der Waals surface area contributed by atoms with Gasteiger partial charge in [-0.2, -0.15) is 0 Å². The summed E-state index contributed by atoms with van der Waals surface area (Å²) >= 11 is 0. The zero-order valence-corrected chi connectivity index (χ0v) is 39.9. The number of ether oxygens (including phenoxy) is 1. The summed E-state index contributed by atoms with van der Waals surface area (Å²) < 4.78 is 5.93. The highest BCUT2D eigenvalue weighted by molar-refractivity contribution is 5.77. The maximum Gasteiger partial charge on any atom is 0.306 e. The molecule has 3 unspecified atom stereocenters. The Bertz CT molecular complexity index is 893. The van der Waals surface area contributed by atoms with Crippen molar-refractivity contribution in [3.8, 4) is 0 Å². The molecule has 0 aromatic rings. The molecule has 0 aliphatic carbocycles. The van der Waals surface area contributed by atoms with Crippen LogP contribution in [0.5, 0.6) is 0 Å². The molecule has 0 radical (unpaired) electrons. The predicted octanol–water partition coefficient (Wildman–Crippen LogP) is 15.7. The van der Waals surface area contributed by atoms with Gasteiger partial charge in [-0.05, 0) is 44.9 Å². The van der Waals surface area contributed by atoms with Gasteiger partial charge in [0.25, 0.3) is 0 Å². The van der Waals surface area contributed by atoms with Gasteiger partial charge >= 0.3 is 5.97 Å². The lowest BCUT2D eigenvalue weighted by atomic mass is 10.0. The fourth-order valence-corrected chi connectivity index (χ4v) is 8.30. The average Bonchev–Trinajstić information content (AvgIpc) is 3.23. The monoisotopic (exact) mass is 834 g/mol. The van der Waals surface area contributed by atoms with Crippen LogP contribution in [0.15, 0.2) is 12.2 Å². The lowest BCUT2D eigenvalue weighted by Gasteiger charge is -2.24. The minimum Gasteiger partial charge on any atom is -0.462 e. The highest BCUT2D eigenvalue weighted by atomic mass is 16.5. The second-order valence-corrected chi connectivity index (χ2v) is 18.3. The fraction of sp³-hybridized carbons (Fsp3) is 0.925. The molecule has 0 aromatic heterocycles. The Kier molecular flexibility index (Phi) is 46.5. The molecule has 0 heterocycles. The van der Waals surface area contributed by atoms with E-state index in [-0.39, 0.29) is 24.9 Å². The van der Waals surface area contributed by atoms with Gasteiger partial charge in [0.15, 0.2) is 0 Å². The summed E-state index contributed by atoms with van der Waals surface area (Å²) in [5.74, 6) is -0.467. The molecule has 3 N–H and O–H groups in total. The van der Waals surface area contributed by atoms with Gasteiger partial charge < -0.3 is 20.3 Å². The first-order valence-electron chi connectivity index (χ1n) is 26.4. The first kappa shape index (κ1) is 57.6. The number of rotatable bonds is 48. The Hall–Kier alpha value is -1.40. The number of hydrogen-bond donors (Lipinski definition) is 3. The van der Waals surface area contributed by atoms with E-state index in [1.54, 1.807) is 0 Å². The van der Waals surface area contributed by atoms with Gasteiger partial charge in [-0.3, -0.25) is 9.59 Å². The molecule has 3 atom stereocenters.